The standard InChI is InChI=1S/C19H26N4O5S2/c1-10(24)27-7-11-8-30-16-13(22-18-20-6-12(21-18)9-29-5)15(25)23(16)14(11)17(26)28-19(2,3)4/h6,13,16H,7-9H2,1-5H3,(H2,20,21,22)/t13?,16-/m1/s1. The van der Waals surface area contributed by atoms with Crippen LogP contribution in [0.3, 0.4) is 0 Å². The number of thioether (sulfide) groups is 2. The molecule has 1 aromatic heterocycles. The molecule has 2 aliphatic rings. The summed E-state index contributed by atoms with van der Waals surface area (Å²) in [4.78, 5) is 46.0. The average molecular weight is 455 g/mol. The molecule has 2 aliphatic heterocycles. The van der Waals surface area contributed by atoms with E-state index in [1.54, 1.807) is 38.7 Å². The van der Waals surface area contributed by atoms with Gasteiger partial charge in [-0.2, -0.15) is 11.8 Å². The van der Waals surface area contributed by atoms with Gasteiger partial charge in [0.15, 0.2) is 0 Å². The van der Waals surface area contributed by atoms with Crippen LogP contribution in [-0.4, -0.2) is 68.3 Å². The first-order valence-electron chi connectivity index (χ1n) is 9.44. The van der Waals surface area contributed by atoms with E-state index in [4.69, 9.17) is 9.47 Å². The lowest BCUT2D eigenvalue weighted by molar-refractivity contribution is -0.157. The van der Waals surface area contributed by atoms with Crippen LogP contribution >= 0.6 is 23.5 Å². The number of aromatic nitrogens is 2. The minimum Gasteiger partial charge on any atom is -0.461 e. The molecule has 3 heterocycles. The number of carbonyl (C=O) groups is 3. The van der Waals surface area contributed by atoms with Crippen molar-refractivity contribution in [3.63, 3.8) is 0 Å². The van der Waals surface area contributed by atoms with Gasteiger partial charge in [-0.05, 0) is 27.0 Å². The summed E-state index contributed by atoms with van der Waals surface area (Å²) in [6, 6.07) is -0.518. The number of amides is 1. The number of nitrogens with one attached hydrogen (secondary N) is 2. The minimum atomic E-state index is -0.718. The summed E-state index contributed by atoms with van der Waals surface area (Å²) in [5.74, 6) is 0.437. The first-order chi connectivity index (χ1) is 14.1. The molecule has 0 spiro atoms. The monoisotopic (exact) mass is 454 g/mol. The van der Waals surface area contributed by atoms with Gasteiger partial charge < -0.3 is 19.8 Å². The van der Waals surface area contributed by atoms with Crippen LogP contribution in [0.25, 0.3) is 0 Å². The SMILES string of the molecule is CSCc1c[nH]c(NC2C(=O)N3C(C(=O)OC(C)(C)C)=C(COC(C)=O)CS[C@H]23)n1. The number of β-lactam (4-membered cyclic amide) rings is 1. The van der Waals surface area contributed by atoms with Crippen LogP contribution in [0.2, 0.25) is 0 Å². The van der Waals surface area contributed by atoms with Gasteiger partial charge in [0, 0.05) is 30.2 Å². The largest absolute Gasteiger partial charge is 0.461 e. The number of esters is 2. The molecule has 164 valence electrons. The van der Waals surface area contributed by atoms with Gasteiger partial charge in [-0.3, -0.25) is 14.5 Å². The second-order valence-electron chi connectivity index (χ2n) is 7.94. The average Bonchev–Trinajstić information content (AvgIpc) is 3.09. The van der Waals surface area contributed by atoms with Crippen LogP contribution in [0, 0.1) is 0 Å². The number of aromatic amines is 1. The molecule has 1 aromatic rings. The fraction of sp³-hybridized carbons (Fsp3) is 0.579. The van der Waals surface area contributed by atoms with Crippen molar-refractivity contribution in [3.8, 4) is 0 Å². The van der Waals surface area contributed by atoms with Gasteiger partial charge in [-0.15, -0.1) is 11.8 Å². The Hall–Kier alpha value is -2.14. The lowest BCUT2D eigenvalue weighted by atomic mass is 10.0. The molecular formula is C19H26N4O5S2. The van der Waals surface area contributed by atoms with E-state index in [0.29, 0.717) is 17.3 Å². The van der Waals surface area contributed by atoms with Crippen LogP contribution in [-0.2, 0) is 29.6 Å². The number of rotatable bonds is 7. The molecule has 0 aliphatic carbocycles. The maximum Gasteiger partial charge on any atom is 0.355 e. The summed E-state index contributed by atoms with van der Waals surface area (Å²) >= 11 is 3.16. The molecule has 3 rings (SSSR count). The normalized spacial score (nSPS) is 21.1. The predicted molar refractivity (Wildman–Crippen MR) is 116 cm³/mol. The highest BCUT2D eigenvalue weighted by Crippen LogP contribution is 2.42. The fourth-order valence-corrected chi connectivity index (χ4v) is 4.87. The molecule has 0 bridgehead atoms. The molecule has 1 fully saturated rings. The Labute approximate surface area is 183 Å². The molecule has 11 heteroatoms. The molecule has 0 saturated carbocycles. The Bertz CT molecular complexity index is 877. The van der Waals surface area contributed by atoms with Crippen LogP contribution in [0.1, 0.15) is 33.4 Å². The van der Waals surface area contributed by atoms with Crippen LogP contribution < -0.4 is 5.32 Å². The number of hydrogen-bond donors (Lipinski definition) is 2. The molecule has 30 heavy (non-hydrogen) atoms. The van der Waals surface area contributed by atoms with Gasteiger partial charge in [0.1, 0.15) is 29.3 Å². The van der Waals surface area contributed by atoms with E-state index < -0.39 is 23.6 Å². The Balaban J connectivity index is 1.80. The zero-order valence-corrected chi connectivity index (χ0v) is 19.2. The maximum absolute atomic E-state index is 13.0. The van der Waals surface area contributed by atoms with Gasteiger partial charge in [0.2, 0.25) is 5.95 Å². The number of fused-ring (bicyclic) bond motifs is 1. The molecular weight excluding hydrogens is 428 g/mol. The molecule has 2 N–H and O–H groups in total. The molecule has 9 nitrogen and oxygen atoms in total. The summed E-state index contributed by atoms with van der Waals surface area (Å²) in [5.41, 5.74) is 0.903. The highest BCUT2D eigenvalue weighted by Gasteiger charge is 2.54. The number of carbonyl (C=O) groups excluding carboxylic acids is 3. The molecule has 1 saturated heterocycles. The lowest BCUT2D eigenvalue weighted by Crippen LogP contribution is -2.68. The maximum atomic E-state index is 13.0. The number of anilines is 1. The predicted octanol–water partition coefficient (Wildman–Crippen LogP) is 2.13. The number of H-pyrrole nitrogens is 1. The van der Waals surface area contributed by atoms with Gasteiger partial charge in [-0.1, -0.05) is 0 Å². The zero-order chi connectivity index (χ0) is 22.1. The lowest BCUT2D eigenvalue weighted by Gasteiger charge is -2.49. The zero-order valence-electron chi connectivity index (χ0n) is 17.6. The second kappa shape index (κ2) is 8.93. The van der Waals surface area contributed by atoms with Crippen molar-refractivity contribution in [2.24, 2.45) is 0 Å². The number of hydrogen-bond acceptors (Lipinski definition) is 9. The number of nitrogens with zero attached hydrogens (tertiary/aromatic N) is 2. The number of ether oxygens (including phenoxy) is 2. The van der Waals surface area contributed by atoms with E-state index in [-0.39, 0.29) is 23.6 Å². The Morgan fingerprint density at radius 1 is 1.43 bits per heavy atom. The van der Waals surface area contributed by atoms with Gasteiger partial charge in [-0.25, -0.2) is 9.78 Å². The van der Waals surface area contributed by atoms with Crippen molar-refractivity contribution in [3.05, 3.63) is 23.2 Å². The van der Waals surface area contributed by atoms with Crippen molar-refractivity contribution in [1.82, 2.24) is 14.9 Å². The van der Waals surface area contributed by atoms with Crippen molar-refractivity contribution < 1.29 is 23.9 Å². The molecule has 2 atom stereocenters. The van der Waals surface area contributed by atoms with E-state index in [9.17, 15) is 14.4 Å². The molecule has 0 aromatic carbocycles. The summed E-state index contributed by atoms with van der Waals surface area (Å²) in [6.07, 6.45) is 3.79. The Morgan fingerprint density at radius 3 is 2.80 bits per heavy atom. The summed E-state index contributed by atoms with van der Waals surface area (Å²) in [6.45, 7) is 6.53. The van der Waals surface area contributed by atoms with Crippen LogP contribution in [0.15, 0.2) is 17.5 Å². The minimum absolute atomic E-state index is 0.0538. The summed E-state index contributed by atoms with van der Waals surface area (Å²) < 4.78 is 10.6. The molecule has 1 unspecified atom stereocenters. The third-order valence-corrected chi connectivity index (χ3v) is 6.23. The highest BCUT2D eigenvalue weighted by molar-refractivity contribution is 8.00. The van der Waals surface area contributed by atoms with Gasteiger partial charge in [0.05, 0.1) is 5.69 Å². The van der Waals surface area contributed by atoms with Crippen LogP contribution in [0.5, 0.6) is 0 Å². The first-order valence-corrected chi connectivity index (χ1v) is 11.9. The topological polar surface area (TPSA) is 114 Å². The number of imidazole rings is 1. The van der Waals surface area contributed by atoms with Crippen LogP contribution in [0.4, 0.5) is 5.95 Å². The Kier molecular flexibility index (Phi) is 6.71. The van der Waals surface area contributed by atoms with E-state index in [1.807, 2.05) is 6.26 Å². The summed E-state index contributed by atoms with van der Waals surface area (Å²) in [5, 5.41) is 2.85. The van der Waals surface area contributed by atoms with E-state index in [0.717, 1.165) is 11.4 Å². The first kappa shape index (κ1) is 22.5. The van der Waals surface area contributed by atoms with Gasteiger partial charge >= 0.3 is 11.9 Å². The fourth-order valence-electron chi connectivity index (χ4n) is 3.10. The van der Waals surface area contributed by atoms with Gasteiger partial charge in [0.25, 0.3) is 5.91 Å². The third kappa shape index (κ3) is 4.94. The highest BCUT2D eigenvalue weighted by atomic mass is 32.2. The third-order valence-electron chi connectivity index (χ3n) is 4.30. The van der Waals surface area contributed by atoms with E-state index in [2.05, 4.69) is 15.3 Å². The van der Waals surface area contributed by atoms with Crippen molar-refractivity contribution in [2.45, 2.75) is 50.5 Å². The summed E-state index contributed by atoms with van der Waals surface area (Å²) in [7, 11) is 0. The van der Waals surface area contributed by atoms with E-state index in [1.165, 1.54) is 23.6 Å². The van der Waals surface area contributed by atoms with E-state index >= 15 is 0 Å². The second-order valence-corrected chi connectivity index (χ2v) is 9.91. The van der Waals surface area contributed by atoms with Crippen molar-refractivity contribution in [2.75, 3.05) is 23.9 Å². The Morgan fingerprint density at radius 2 is 2.17 bits per heavy atom. The van der Waals surface area contributed by atoms with Crippen molar-refractivity contribution in [1.29, 1.82) is 0 Å². The molecule has 0 radical (unpaired) electrons. The van der Waals surface area contributed by atoms with Crippen molar-refractivity contribution >= 4 is 47.3 Å². The molecule has 1 amide bonds. The smallest absolute Gasteiger partial charge is 0.355 e. The quantitative estimate of drug-likeness (QED) is 0.472.